The van der Waals surface area contributed by atoms with Crippen molar-refractivity contribution in [2.75, 3.05) is 0 Å². The molecule has 0 aliphatic carbocycles. The molecule has 14 rings (SSSR count). The van der Waals surface area contributed by atoms with Gasteiger partial charge in [0.25, 0.3) is 0 Å². The van der Waals surface area contributed by atoms with Gasteiger partial charge in [-0.3, -0.25) is 4.57 Å². The van der Waals surface area contributed by atoms with Crippen molar-refractivity contribution in [3.63, 3.8) is 0 Å². The third-order valence-corrected chi connectivity index (χ3v) is 12.2. The summed E-state index contributed by atoms with van der Waals surface area (Å²) < 4.78 is 11.3. The van der Waals surface area contributed by atoms with Gasteiger partial charge in [0, 0.05) is 37.9 Å². The number of para-hydroxylation sites is 2. The van der Waals surface area contributed by atoms with Crippen LogP contribution in [0, 0.1) is 0 Å². The zero-order valence-corrected chi connectivity index (χ0v) is 29.2. The highest BCUT2D eigenvalue weighted by Crippen LogP contribution is 2.48. The van der Waals surface area contributed by atoms with Gasteiger partial charge in [-0.2, -0.15) is 0 Å². The van der Waals surface area contributed by atoms with Gasteiger partial charge < -0.3 is 8.82 Å². The molecule has 9 aromatic carbocycles. The molecule has 0 aliphatic rings. The van der Waals surface area contributed by atoms with Crippen molar-refractivity contribution >= 4 is 114 Å². The van der Waals surface area contributed by atoms with Gasteiger partial charge in [0.2, 0.25) is 5.95 Å². The molecule has 5 aromatic heterocycles. The summed E-state index contributed by atoms with van der Waals surface area (Å²) in [5, 5.41) is 15.6. The third-order valence-electron chi connectivity index (χ3n) is 12.2. The first-order valence-corrected chi connectivity index (χ1v) is 18.8. The lowest BCUT2D eigenvalue weighted by Gasteiger charge is -2.14. The zero-order valence-electron chi connectivity index (χ0n) is 29.2. The maximum atomic E-state index is 6.62. The molecule has 0 saturated heterocycles. The SMILES string of the molecule is c1ccc2c(-c3ccc4c5ccccc5c5ccccc5c4c3)nc(-n3c4ccc5oc6ccc7c8ccccc8n8c9cccc3c9c4c5c6c78)nc2c1. The van der Waals surface area contributed by atoms with Gasteiger partial charge in [0.15, 0.2) is 0 Å². The van der Waals surface area contributed by atoms with Crippen LogP contribution in [0.5, 0.6) is 0 Å². The van der Waals surface area contributed by atoms with Crippen molar-refractivity contribution in [3.8, 4) is 17.2 Å². The molecule has 55 heavy (non-hydrogen) atoms. The standard InChI is InChI=1S/C50H26N4O/c1-2-12-30-28(10-1)29-11-3-4-13-31(29)36-26-27(20-21-32(30)36)48-35-15-5-7-16-37(35)51-50(52-48)54-40-19-9-18-39-44(40)45-41(54)23-25-42-46(45)47-43(55-42)24-22-34-33-14-6-8-17-38(33)53(39)49(34)47/h1-26H. The van der Waals surface area contributed by atoms with Crippen LogP contribution < -0.4 is 0 Å². The second-order valence-corrected chi connectivity index (χ2v) is 14.9. The Morgan fingerprint density at radius 1 is 0.382 bits per heavy atom. The Labute approximate surface area is 311 Å². The topological polar surface area (TPSA) is 48.3 Å². The molecule has 0 unspecified atom stereocenters. The number of hydrogen-bond acceptors (Lipinski definition) is 3. The number of furan rings is 1. The lowest BCUT2D eigenvalue weighted by molar-refractivity contribution is 0.669. The Balaban J connectivity index is 1.13. The highest BCUT2D eigenvalue weighted by Gasteiger charge is 2.27. The molecular formula is C50H26N4O. The average Bonchev–Trinajstić information content (AvgIpc) is 3.87. The van der Waals surface area contributed by atoms with E-state index in [1.165, 1.54) is 64.9 Å². The predicted molar refractivity (Wildman–Crippen MR) is 227 cm³/mol. The molecule has 14 aromatic rings. The van der Waals surface area contributed by atoms with Crippen LogP contribution in [0.25, 0.3) is 131 Å². The summed E-state index contributed by atoms with van der Waals surface area (Å²) in [5.74, 6) is 0.643. The Hall–Kier alpha value is -7.50. The van der Waals surface area contributed by atoms with E-state index in [0.29, 0.717) is 5.95 Å². The molecule has 5 heteroatoms. The van der Waals surface area contributed by atoms with Gasteiger partial charge >= 0.3 is 0 Å². The lowest BCUT2D eigenvalue weighted by atomic mass is 9.92. The molecule has 0 saturated carbocycles. The number of rotatable bonds is 2. The van der Waals surface area contributed by atoms with Gasteiger partial charge in [0.05, 0.1) is 44.2 Å². The minimum absolute atomic E-state index is 0.643. The van der Waals surface area contributed by atoms with Crippen molar-refractivity contribution in [3.05, 3.63) is 158 Å². The summed E-state index contributed by atoms with van der Waals surface area (Å²) in [5.41, 5.74) is 10.3. The second-order valence-electron chi connectivity index (χ2n) is 14.9. The van der Waals surface area contributed by atoms with E-state index >= 15 is 0 Å². The van der Waals surface area contributed by atoms with E-state index in [-0.39, 0.29) is 0 Å². The molecule has 5 nitrogen and oxygen atoms in total. The molecule has 0 radical (unpaired) electrons. The van der Waals surface area contributed by atoms with Crippen LogP contribution in [0.3, 0.4) is 0 Å². The largest absolute Gasteiger partial charge is 0.456 e. The van der Waals surface area contributed by atoms with Crippen LogP contribution in [-0.2, 0) is 0 Å². The smallest absolute Gasteiger partial charge is 0.235 e. The van der Waals surface area contributed by atoms with E-state index in [9.17, 15) is 0 Å². The Bertz CT molecular complexity index is 3920. The normalized spacial score (nSPS) is 12.7. The molecule has 0 N–H and O–H groups in total. The summed E-state index contributed by atoms with van der Waals surface area (Å²) in [4.78, 5) is 10.9. The minimum Gasteiger partial charge on any atom is -0.456 e. The zero-order chi connectivity index (χ0) is 35.5. The Morgan fingerprint density at radius 3 is 1.80 bits per heavy atom. The number of fused-ring (bicyclic) bond motifs is 11. The molecular weight excluding hydrogens is 673 g/mol. The summed E-state index contributed by atoms with van der Waals surface area (Å²) in [6.07, 6.45) is 0. The van der Waals surface area contributed by atoms with Crippen LogP contribution in [-0.4, -0.2) is 18.9 Å². The molecule has 5 heterocycles. The first-order chi connectivity index (χ1) is 27.3. The minimum atomic E-state index is 0.643. The first-order valence-electron chi connectivity index (χ1n) is 18.8. The summed E-state index contributed by atoms with van der Waals surface area (Å²) in [7, 11) is 0. The summed E-state index contributed by atoms with van der Waals surface area (Å²) in [6, 6.07) is 56.7. The maximum absolute atomic E-state index is 6.62. The van der Waals surface area contributed by atoms with Gasteiger partial charge in [-0.05, 0) is 86.9 Å². The third kappa shape index (κ3) is 3.36. The fourth-order valence-electron chi connectivity index (χ4n) is 10.0. The van der Waals surface area contributed by atoms with Crippen molar-refractivity contribution < 1.29 is 4.42 Å². The molecule has 252 valence electrons. The van der Waals surface area contributed by atoms with Crippen molar-refractivity contribution in [1.82, 2.24) is 18.9 Å². The fraction of sp³-hybridized carbons (Fsp3) is 0. The van der Waals surface area contributed by atoms with Gasteiger partial charge in [0.1, 0.15) is 11.2 Å². The van der Waals surface area contributed by atoms with Gasteiger partial charge in [-0.25, -0.2) is 9.97 Å². The van der Waals surface area contributed by atoms with E-state index in [0.717, 1.165) is 60.6 Å². The predicted octanol–water partition coefficient (Wildman–Crippen LogP) is 13.2. The Morgan fingerprint density at radius 2 is 0.982 bits per heavy atom. The second kappa shape index (κ2) is 9.72. The van der Waals surface area contributed by atoms with E-state index in [1.54, 1.807) is 0 Å². The molecule has 0 aliphatic heterocycles. The monoisotopic (exact) mass is 698 g/mol. The van der Waals surface area contributed by atoms with Crippen LogP contribution in [0.4, 0.5) is 0 Å². The number of aromatic nitrogens is 4. The average molecular weight is 699 g/mol. The highest BCUT2D eigenvalue weighted by molar-refractivity contribution is 6.37. The number of hydrogen-bond donors (Lipinski definition) is 0. The van der Waals surface area contributed by atoms with Gasteiger partial charge in [-0.15, -0.1) is 0 Å². The van der Waals surface area contributed by atoms with Gasteiger partial charge in [-0.1, -0.05) is 103 Å². The van der Waals surface area contributed by atoms with Crippen molar-refractivity contribution in [2.24, 2.45) is 0 Å². The number of benzene rings is 9. The Kier molecular flexibility index (Phi) is 4.96. The van der Waals surface area contributed by atoms with Crippen LogP contribution >= 0.6 is 0 Å². The fourth-order valence-corrected chi connectivity index (χ4v) is 10.0. The quantitative estimate of drug-likeness (QED) is 0.169. The van der Waals surface area contributed by atoms with Crippen molar-refractivity contribution in [1.29, 1.82) is 0 Å². The number of nitrogens with zero attached hydrogens (tertiary/aromatic N) is 4. The van der Waals surface area contributed by atoms with E-state index in [1.807, 2.05) is 0 Å². The van der Waals surface area contributed by atoms with E-state index in [4.69, 9.17) is 14.4 Å². The maximum Gasteiger partial charge on any atom is 0.235 e. The molecule has 0 amide bonds. The molecule has 0 spiro atoms. The summed E-state index contributed by atoms with van der Waals surface area (Å²) >= 11 is 0. The van der Waals surface area contributed by atoms with Crippen LogP contribution in [0.2, 0.25) is 0 Å². The van der Waals surface area contributed by atoms with Crippen molar-refractivity contribution in [2.45, 2.75) is 0 Å². The van der Waals surface area contributed by atoms with Crippen LogP contribution in [0.1, 0.15) is 0 Å². The molecule has 0 atom stereocenters. The molecule has 0 fully saturated rings. The van der Waals surface area contributed by atoms with Crippen LogP contribution in [0.15, 0.2) is 162 Å². The first kappa shape index (κ1) is 28.1. The highest BCUT2D eigenvalue weighted by atomic mass is 16.3. The molecule has 0 bridgehead atoms. The van der Waals surface area contributed by atoms with E-state index in [2.05, 4.69) is 167 Å². The van der Waals surface area contributed by atoms with E-state index < -0.39 is 0 Å². The lowest BCUT2D eigenvalue weighted by Crippen LogP contribution is -2.03. The summed E-state index contributed by atoms with van der Waals surface area (Å²) in [6.45, 7) is 0.